The maximum Gasteiger partial charge on any atom is 0.292 e. The minimum absolute atomic E-state index is 0.0512. The van der Waals surface area contributed by atoms with Crippen molar-refractivity contribution in [2.75, 3.05) is 6.54 Å². The lowest BCUT2D eigenvalue weighted by Gasteiger charge is -2.29. The molecule has 4 unspecified atom stereocenters. The van der Waals surface area contributed by atoms with Crippen molar-refractivity contribution in [3.05, 3.63) is 95.1 Å². The third-order valence-electron chi connectivity index (χ3n) is 9.22. The number of hydrogen-bond acceptors (Lipinski definition) is 5. The van der Waals surface area contributed by atoms with Crippen LogP contribution in [0.1, 0.15) is 30.6 Å². The predicted octanol–water partition coefficient (Wildman–Crippen LogP) is 5.70. The van der Waals surface area contributed by atoms with Gasteiger partial charge < -0.3 is 5.32 Å². The van der Waals surface area contributed by atoms with Crippen LogP contribution in [0.5, 0.6) is 0 Å². The van der Waals surface area contributed by atoms with Gasteiger partial charge in [0.2, 0.25) is 5.91 Å². The van der Waals surface area contributed by atoms with Crippen molar-refractivity contribution in [2.24, 2.45) is 18.4 Å². The fraction of sp³-hybridized carbons (Fsp3) is 0.344. The Hall–Kier alpha value is -4.39. The third-order valence-corrected chi connectivity index (χ3v) is 9.22. The van der Waals surface area contributed by atoms with Crippen molar-refractivity contribution in [1.29, 1.82) is 0 Å². The van der Waals surface area contributed by atoms with Gasteiger partial charge in [0, 0.05) is 41.6 Å². The Morgan fingerprint density at radius 2 is 1.89 bits per heavy atom. The Morgan fingerprint density at radius 3 is 2.62 bits per heavy atom. The highest BCUT2D eigenvalue weighted by Gasteiger charge is 2.76. The van der Waals surface area contributed by atoms with Crippen LogP contribution in [0.2, 0.25) is 0 Å². The minimum Gasteiger partial charge on any atom is -0.346 e. The molecule has 13 heteroatoms. The summed E-state index contributed by atoms with van der Waals surface area (Å²) in [5, 5.41) is 8.78. The Bertz CT molecular complexity index is 1850. The Kier molecular flexibility index (Phi) is 6.73. The monoisotopic (exact) mass is 626 g/mol. The van der Waals surface area contributed by atoms with Gasteiger partial charge in [0.05, 0.1) is 23.4 Å². The van der Waals surface area contributed by atoms with Crippen LogP contribution < -0.4 is 10.7 Å². The number of benzene rings is 2. The van der Waals surface area contributed by atoms with Gasteiger partial charge in [0.15, 0.2) is 0 Å². The van der Waals surface area contributed by atoms with Crippen LogP contribution in [0.4, 0.5) is 26.3 Å². The Morgan fingerprint density at radius 1 is 1.13 bits per heavy atom. The van der Waals surface area contributed by atoms with Crippen LogP contribution in [0.25, 0.3) is 22.0 Å². The molecule has 1 aliphatic heterocycles. The second kappa shape index (κ2) is 10.3. The van der Waals surface area contributed by atoms with E-state index in [-0.39, 0.29) is 24.0 Å². The summed E-state index contributed by atoms with van der Waals surface area (Å²) in [5.74, 6) is -6.86. The summed E-state index contributed by atoms with van der Waals surface area (Å²) in [6.07, 6.45) is 0.261. The van der Waals surface area contributed by atoms with Crippen LogP contribution >= 0.6 is 0 Å². The summed E-state index contributed by atoms with van der Waals surface area (Å²) in [6.45, 7) is 0.853. The predicted molar refractivity (Wildman–Crippen MR) is 153 cm³/mol. The molecule has 0 bridgehead atoms. The number of pyridine rings is 1. The number of halogens is 6. The molecule has 234 valence electrons. The lowest BCUT2D eigenvalue weighted by atomic mass is 9.93. The maximum absolute atomic E-state index is 15.4. The molecule has 4 aromatic rings. The van der Waals surface area contributed by atoms with Gasteiger partial charge in [-0.1, -0.05) is 25.1 Å². The first-order valence-electron chi connectivity index (χ1n) is 14.4. The molecular weight excluding hydrogens is 598 g/mol. The number of aromatic nitrogens is 3. The fourth-order valence-electron chi connectivity index (χ4n) is 7.05. The van der Waals surface area contributed by atoms with Crippen molar-refractivity contribution in [3.8, 4) is 11.1 Å². The van der Waals surface area contributed by atoms with E-state index in [0.717, 1.165) is 39.7 Å². The molecule has 7 rings (SSSR count). The molecule has 45 heavy (non-hydrogen) atoms. The first kappa shape index (κ1) is 29.3. The standard InChI is InChI=1S/C32H28F6N6O/c1-31-13-24(31)32(37,38)29-26(31)28(30(35)36)42-44(29)15-25(45)41-22(10-16-8-19(33)12-20(34)9-16)27-21(4-3-7-39-27)17-5-6-18-14-40-43(2)23(18)11-17/h3-9,11-12,14,22,24,28,30,42H,10,13,15H2,1-2H3,(H,41,45). The van der Waals surface area contributed by atoms with Crippen LogP contribution in [0.15, 0.2) is 72.2 Å². The summed E-state index contributed by atoms with van der Waals surface area (Å²) < 4.78 is 88.8. The van der Waals surface area contributed by atoms with E-state index in [2.05, 4.69) is 20.8 Å². The number of amides is 1. The number of hydrogen-bond donors (Lipinski definition) is 2. The van der Waals surface area contributed by atoms with Gasteiger partial charge in [0.25, 0.3) is 12.3 Å². The van der Waals surface area contributed by atoms with Gasteiger partial charge >= 0.3 is 0 Å². The zero-order valence-corrected chi connectivity index (χ0v) is 24.2. The van der Waals surface area contributed by atoms with Gasteiger partial charge in [-0.15, -0.1) is 0 Å². The molecule has 1 saturated carbocycles. The molecule has 2 aromatic carbocycles. The SMILES string of the molecule is Cn1ncc2ccc(-c3cccnc3C(Cc3cc(F)cc(F)c3)NC(=O)CN3NC(C(F)F)C4=C3C(F)(F)C3CC43C)cc21. The van der Waals surface area contributed by atoms with Crippen LogP contribution in [-0.2, 0) is 18.3 Å². The molecule has 3 heterocycles. The average Bonchev–Trinajstić information content (AvgIpc) is 3.25. The van der Waals surface area contributed by atoms with E-state index in [0.29, 0.717) is 11.3 Å². The molecular formula is C32H28F6N6O. The number of rotatable bonds is 8. The lowest BCUT2D eigenvalue weighted by molar-refractivity contribution is -0.124. The van der Waals surface area contributed by atoms with E-state index in [4.69, 9.17) is 0 Å². The van der Waals surface area contributed by atoms with E-state index in [1.54, 1.807) is 37.0 Å². The number of alkyl halides is 4. The number of nitrogens with zero attached hydrogens (tertiary/aromatic N) is 4. The zero-order chi connectivity index (χ0) is 31.8. The molecule has 4 atom stereocenters. The van der Waals surface area contributed by atoms with E-state index < -0.39 is 65.5 Å². The highest BCUT2D eigenvalue weighted by Crippen LogP contribution is 2.73. The molecule has 7 nitrogen and oxygen atoms in total. The summed E-state index contributed by atoms with van der Waals surface area (Å²) in [7, 11) is 1.79. The van der Waals surface area contributed by atoms with Crippen LogP contribution in [0, 0.1) is 23.0 Å². The van der Waals surface area contributed by atoms with Crippen molar-refractivity contribution in [2.45, 2.75) is 44.2 Å². The van der Waals surface area contributed by atoms with Gasteiger partial charge in [-0.25, -0.2) is 23.0 Å². The van der Waals surface area contributed by atoms with E-state index in [1.807, 2.05) is 18.2 Å². The summed E-state index contributed by atoms with van der Waals surface area (Å²) in [5.41, 5.74) is 3.50. The number of hydrazine groups is 1. The number of allylic oxidation sites excluding steroid dienone is 1. The van der Waals surface area contributed by atoms with E-state index >= 15 is 8.78 Å². The van der Waals surface area contributed by atoms with Gasteiger partial charge in [-0.3, -0.25) is 19.5 Å². The van der Waals surface area contributed by atoms with Crippen LogP contribution in [-0.4, -0.2) is 50.6 Å². The Balaban J connectivity index is 1.23. The Labute approximate surface area is 253 Å². The summed E-state index contributed by atoms with van der Waals surface area (Å²) in [6, 6.07) is 9.48. The highest BCUT2D eigenvalue weighted by atomic mass is 19.3. The van der Waals surface area contributed by atoms with Crippen LogP contribution in [0.3, 0.4) is 0 Å². The maximum atomic E-state index is 15.4. The quantitative estimate of drug-likeness (QED) is 0.246. The molecule has 0 saturated heterocycles. The third kappa shape index (κ3) is 4.84. The lowest BCUT2D eigenvalue weighted by Crippen LogP contribution is -2.49. The molecule has 2 aromatic heterocycles. The zero-order valence-electron chi connectivity index (χ0n) is 24.2. The number of carbonyl (C=O) groups excluding carboxylic acids is 1. The minimum atomic E-state index is -3.38. The topological polar surface area (TPSA) is 75.1 Å². The molecule has 2 aliphatic carbocycles. The van der Waals surface area contributed by atoms with Crippen molar-refractivity contribution in [3.63, 3.8) is 0 Å². The fourth-order valence-corrected chi connectivity index (χ4v) is 7.05. The van der Waals surface area contributed by atoms with Crippen molar-refractivity contribution in [1.82, 2.24) is 30.5 Å². The summed E-state index contributed by atoms with van der Waals surface area (Å²) >= 11 is 0. The van der Waals surface area contributed by atoms with Crippen molar-refractivity contribution >= 4 is 16.8 Å². The smallest absolute Gasteiger partial charge is 0.292 e. The molecule has 0 radical (unpaired) electrons. The van der Waals surface area contributed by atoms with Gasteiger partial charge in [-0.05, 0) is 53.8 Å². The highest BCUT2D eigenvalue weighted by molar-refractivity contribution is 5.85. The van der Waals surface area contributed by atoms with Gasteiger partial charge in [-0.2, -0.15) is 13.9 Å². The molecule has 3 aliphatic rings. The first-order valence-corrected chi connectivity index (χ1v) is 14.4. The molecule has 2 N–H and O–H groups in total. The van der Waals surface area contributed by atoms with Crippen molar-refractivity contribution < 1.29 is 31.1 Å². The largest absolute Gasteiger partial charge is 0.346 e. The average molecular weight is 627 g/mol. The van der Waals surface area contributed by atoms with E-state index in [9.17, 15) is 22.4 Å². The van der Waals surface area contributed by atoms with Gasteiger partial charge in [0.1, 0.15) is 29.9 Å². The number of carbonyl (C=O) groups is 1. The number of nitrogens with one attached hydrogen (secondary N) is 2. The second-order valence-corrected chi connectivity index (χ2v) is 12.2. The second-order valence-electron chi connectivity index (χ2n) is 12.2. The number of aryl methyl sites for hydroxylation is 1. The molecule has 1 fully saturated rings. The molecule has 0 spiro atoms. The normalized spacial score (nSPS) is 23.9. The molecule has 1 amide bonds. The summed E-state index contributed by atoms with van der Waals surface area (Å²) in [4.78, 5) is 18.1. The first-order chi connectivity index (χ1) is 21.4. The van der Waals surface area contributed by atoms with E-state index in [1.165, 1.54) is 6.20 Å². The number of fused-ring (bicyclic) bond motifs is 3.